The van der Waals surface area contributed by atoms with E-state index in [4.69, 9.17) is 9.47 Å². The van der Waals surface area contributed by atoms with Crippen LogP contribution in [0.4, 0.5) is 4.79 Å². The third-order valence-corrected chi connectivity index (χ3v) is 8.84. The summed E-state index contributed by atoms with van der Waals surface area (Å²) in [5.74, 6) is -7.91. The third kappa shape index (κ3) is 6.04. The van der Waals surface area contributed by atoms with E-state index in [0.29, 0.717) is 0 Å². The van der Waals surface area contributed by atoms with E-state index in [0.717, 1.165) is 44.5 Å². The molecule has 0 bridgehead atoms. The minimum Gasteiger partial charge on any atom is -0.481 e. The first-order valence-corrected chi connectivity index (χ1v) is 15.0. The van der Waals surface area contributed by atoms with Gasteiger partial charge in [-0.25, -0.2) is 4.79 Å². The van der Waals surface area contributed by atoms with Crippen LogP contribution < -0.4 is 0 Å². The number of ether oxygens (including phenoxy) is 2. The third-order valence-electron chi connectivity index (χ3n) is 8.84. The molecule has 9 heteroatoms. The Kier molecular flexibility index (Phi) is 8.48. The number of aliphatic carboxylic acids is 2. The highest BCUT2D eigenvalue weighted by Crippen LogP contribution is 2.49. The zero-order chi connectivity index (χ0) is 32.4. The van der Waals surface area contributed by atoms with Crippen molar-refractivity contribution >= 4 is 30.0 Å². The molecule has 0 radical (unpaired) electrons. The summed E-state index contributed by atoms with van der Waals surface area (Å²) in [5.41, 5.74) is 7.62. The van der Waals surface area contributed by atoms with E-state index in [1.165, 1.54) is 0 Å². The molecule has 4 aromatic rings. The number of esters is 2. The van der Waals surface area contributed by atoms with Crippen molar-refractivity contribution < 1.29 is 43.7 Å². The van der Waals surface area contributed by atoms with Crippen LogP contribution >= 0.6 is 0 Å². The number of benzene rings is 4. The minimum absolute atomic E-state index is 0.0442. The van der Waals surface area contributed by atoms with Crippen LogP contribution in [-0.2, 0) is 28.7 Å². The Bertz CT molecular complexity index is 1640. The number of rotatable bonds is 10. The maximum atomic E-state index is 13.2. The van der Waals surface area contributed by atoms with E-state index in [2.05, 4.69) is 0 Å². The Labute approximate surface area is 264 Å². The molecule has 9 nitrogen and oxygen atoms in total. The zero-order valence-corrected chi connectivity index (χ0v) is 24.6. The van der Waals surface area contributed by atoms with Gasteiger partial charge in [-0.2, -0.15) is 0 Å². The van der Waals surface area contributed by atoms with Gasteiger partial charge in [-0.15, -0.1) is 0 Å². The molecule has 0 fully saturated rings. The molecule has 2 aliphatic carbocycles. The Morgan fingerprint density at radius 3 is 1.07 bits per heavy atom. The van der Waals surface area contributed by atoms with Gasteiger partial charge in [-0.1, -0.05) is 97.1 Å². The second-order valence-electron chi connectivity index (χ2n) is 11.6. The second kappa shape index (κ2) is 12.8. The Balaban J connectivity index is 1.16. The molecule has 0 saturated heterocycles. The van der Waals surface area contributed by atoms with Crippen LogP contribution in [0.2, 0.25) is 0 Å². The number of carbonyl (C=O) groups excluding carboxylic acids is 3. The fourth-order valence-electron chi connectivity index (χ4n) is 6.90. The van der Waals surface area contributed by atoms with Crippen molar-refractivity contribution in [2.45, 2.75) is 37.5 Å². The van der Waals surface area contributed by atoms with Crippen molar-refractivity contribution in [1.82, 2.24) is 0 Å². The number of fused-ring (bicyclic) bond motifs is 6. The molecule has 0 aromatic heterocycles. The highest BCUT2D eigenvalue weighted by Gasteiger charge is 2.37. The molecule has 6 rings (SSSR count). The number of carbonyl (C=O) groups is 5. The fourth-order valence-corrected chi connectivity index (χ4v) is 6.90. The van der Waals surface area contributed by atoms with Crippen LogP contribution in [0.5, 0.6) is 0 Å². The predicted octanol–water partition coefficient (Wildman–Crippen LogP) is 6.78. The first-order valence-electron chi connectivity index (χ1n) is 15.0. The van der Waals surface area contributed by atoms with Gasteiger partial charge in [0.2, 0.25) is 0 Å². The van der Waals surface area contributed by atoms with Crippen LogP contribution in [0, 0.1) is 11.8 Å². The van der Waals surface area contributed by atoms with Crippen molar-refractivity contribution in [2.75, 3.05) is 0 Å². The van der Waals surface area contributed by atoms with Gasteiger partial charge in [0.05, 0.1) is 24.7 Å². The van der Waals surface area contributed by atoms with E-state index in [9.17, 15) is 34.2 Å². The van der Waals surface area contributed by atoms with Crippen LogP contribution in [0.3, 0.4) is 0 Å². The highest BCUT2D eigenvalue weighted by molar-refractivity contribution is 5.92. The van der Waals surface area contributed by atoms with Crippen LogP contribution in [0.1, 0.15) is 59.8 Å². The molecule has 46 heavy (non-hydrogen) atoms. The van der Waals surface area contributed by atoms with E-state index >= 15 is 0 Å². The van der Waals surface area contributed by atoms with E-state index in [1.54, 1.807) is 0 Å². The molecule has 2 aliphatic rings. The topological polar surface area (TPSA) is 144 Å². The normalized spacial score (nSPS) is 14.3. The number of hydrogen-bond donors (Lipinski definition) is 2. The van der Waals surface area contributed by atoms with Gasteiger partial charge in [0.15, 0.2) is 0 Å². The lowest BCUT2D eigenvalue weighted by Crippen LogP contribution is -2.29. The molecule has 0 amide bonds. The number of carboxylic acid groups (broad SMARTS) is 2. The zero-order valence-electron chi connectivity index (χ0n) is 24.6. The average Bonchev–Trinajstić information content (AvgIpc) is 3.52. The molecule has 0 aliphatic heterocycles. The molecule has 4 aromatic carbocycles. The Morgan fingerprint density at radius 2 is 0.783 bits per heavy atom. The van der Waals surface area contributed by atoms with Crippen molar-refractivity contribution in [3.63, 3.8) is 0 Å². The maximum absolute atomic E-state index is 13.2. The second-order valence-corrected chi connectivity index (χ2v) is 11.6. The smallest absolute Gasteiger partial charge is 0.481 e. The van der Waals surface area contributed by atoms with Gasteiger partial charge in [-0.05, 0) is 57.3 Å². The number of carboxylic acids is 2. The van der Waals surface area contributed by atoms with E-state index in [-0.39, 0.29) is 24.7 Å². The van der Waals surface area contributed by atoms with Crippen molar-refractivity contribution in [3.05, 3.63) is 119 Å². The maximum Gasteiger partial charge on any atom is 0.524 e. The Morgan fingerprint density at radius 1 is 0.500 bits per heavy atom. The predicted molar refractivity (Wildman–Crippen MR) is 166 cm³/mol. The molecule has 2 unspecified atom stereocenters. The molecule has 2 atom stereocenters. The Hall–Kier alpha value is -5.57. The van der Waals surface area contributed by atoms with Gasteiger partial charge in [-0.3, -0.25) is 19.2 Å². The summed E-state index contributed by atoms with van der Waals surface area (Å²) in [6, 6.07) is 30.5. The van der Waals surface area contributed by atoms with Crippen LogP contribution in [0.15, 0.2) is 97.1 Å². The van der Waals surface area contributed by atoms with Crippen LogP contribution in [0.25, 0.3) is 22.3 Å². The summed E-state index contributed by atoms with van der Waals surface area (Å²) < 4.78 is 9.75. The molecule has 0 saturated carbocycles. The molecule has 0 heterocycles. The molecule has 2 N–H and O–H groups in total. The quantitative estimate of drug-likeness (QED) is 0.145. The standard InChI is InChI=1S/C37H30O9/c38-33(39)19-21(17-31-27-13-5-1-9-23(27)24-10-2-6-14-28(24)31)35(42)45-37(44)46-36(43)22(20-34(40)41)18-32-29-15-7-3-11-25(29)26-12-4-8-16-30(26)32/h1-16,21-22,31-32H,17-20H2,(H,38,39)(H,40,41). The molecule has 232 valence electrons. The monoisotopic (exact) mass is 618 g/mol. The van der Waals surface area contributed by atoms with Crippen molar-refractivity contribution in [3.8, 4) is 22.3 Å². The van der Waals surface area contributed by atoms with Crippen LogP contribution in [-0.4, -0.2) is 40.2 Å². The van der Waals surface area contributed by atoms with Gasteiger partial charge in [0, 0.05) is 11.8 Å². The fraction of sp³-hybridized carbons (Fsp3) is 0.216. The SMILES string of the molecule is O=C(O)CC(CC1c2ccccc2-c2ccccc21)C(=O)OC(=O)OC(=O)C(CC(=O)O)CC1c2ccccc2-c2ccccc21. The van der Waals surface area contributed by atoms with E-state index < -0.39 is 54.7 Å². The van der Waals surface area contributed by atoms with Crippen molar-refractivity contribution in [1.29, 1.82) is 0 Å². The van der Waals surface area contributed by atoms with Gasteiger partial charge >= 0.3 is 30.0 Å². The van der Waals surface area contributed by atoms with Gasteiger partial charge < -0.3 is 19.7 Å². The summed E-state index contributed by atoms with van der Waals surface area (Å²) in [6.07, 6.45) is -2.75. The first-order chi connectivity index (χ1) is 22.2. The largest absolute Gasteiger partial charge is 0.524 e. The van der Waals surface area contributed by atoms with Crippen molar-refractivity contribution in [2.24, 2.45) is 11.8 Å². The average molecular weight is 619 g/mol. The lowest BCUT2D eigenvalue weighted by Gasteiger charge is -2.21. The highest BCUT2D eigenvalue weighted by atomic mass is 16.8. The number of hydrogen-bond acceptors (Lipinski definition) is 7. The minimum atomic E-state index is -1.62. The summed E-state index contributed by atoms with van der Waals surface area (Å²) in [6.45, 7) is 0. The molecular formula is C37H30O9. The van der Waals surface area contributed by atoms with E-state index in [1.807, 2.05) is 97.1 Å². The summed E-state index contributed by atoms with van der Waals surface area (Å²) in [5, 5.41) is 19.2. The summed E-state index contributed by atoms with van der Waals surface area (Å²) in [4.78, 5) is 62.6. The summed E-state index contributed by atoms with van der Waals surface area (Å²) in [7, 11) is 0. The molecule has 0 spiro atoms. The lowest BCUT2D eigenvalue weighted by molar-refractivity contribution is -0.156. The lowest BCUT2D eigenvalue weighted by atomic mass is 9.85. The molecular weight excluding hydrogens is 588 g/mol. The summed E-state index contributed by atoms with van der Waals surface area (Å²) >= 11 is 0. The first kappa shape index (κ1) is 30.5. The van der Waals surface area contributed by atoms with Gasteiger partial charge in [0.1, 0.15) is 0 Å². The van der Waals surface area contributed by atoms with Gasteiger partial charge in [0.25, 0.3) is 0 Å².